The minimum absolute atomic E-state index is 0.00294. The Morgan fingerprint density at radius 1 is 1.50 bits per heavy atom. The molecule has 18 heavy (non-hydrogen) atoms. The number of nitrogens with two attached hydrogens (primary N) is 1. The molecule has 0 radical (unpaired) electrons. The summed E-state index contributed by atoms with van der Waals surface area (Å²) in [5.41, 5.74) is 6.42. The van der Waals surface area contributed by atoms with Crippen LogP contribution >= 0.6 is 0 Å². The van der Waals surface area contributed by atoms with E-state index in [1.54, 1.807) is 12.1 Å². The monoisotopic (exact) mass is 250 g/mol. The smallest absolute Gasteiger partial charge is 0.227 e. The molecule has 0 saturated heterocycles. The molecule has 98 valence electrons. The van der Waals surface area contributed by atoms with Crippen LogP contribution in [0.3, 0.4) is 0 Å². The molecule has 0 bridgehead atoms. The number of carbonyl (C=O) groups is 1. The Hall–Kier alpha value is -1.42. The van der Waals surface area contributed by atoms with E-state index in [2.05, 4.69) is 5.32 Å². The van der Waals surface area contributed by atoms with Gasteiger partial charge >= 0.3 is 0 Å². The average Bonchev–Trinajstić information content (AvgIpc) is 2.70. The number of hydrogen-bond acceptors (Lipinski definition) is 2. The van der Waals surface area contributed by atoms with Gasteiger partial charge in [-0.05, 0) is 37.5 Å². The second kappa shape index (κ2) is 5.06. The summed E-state index contributed by atoms with van der Waals surface area (Å²) in [4.78, 5) is 12.2. The summed E-state index contributed by atoms with van der Waals surface area (Å²) in [5, 5.41) is 2.89. The van der Waals surface area contributed by atoms with Crippen LogP contribution in [0.15, 0.2) is 24.3 Å². The van der Waals surface area contributed by atoms with Gasteiger partial charge in [0.1, 0.15) is 5.82 Å². The van der Waals surface area contributed by atoms with E-state index in [0.717, 1.165) is 24.8 Å². The van der Waals surface area contributed by atoms with Gasteiger partial charge in [-0.2, -0.15) is 0 Å². The lowest BCUT2D eigenvalue weighted by Gasteiger charge is -2.27. The zero-order chi connectivity index (χ0) is 13.2. The van der Waals surface area contributed by atoms with Gasteiger partial charge in [-0.25, -0.2) is 4.39 Å². The van der Waals surface area contributed by atoms with Crippen molar-refractivity contribution in [1.82, 2.24) is 5.32 Å². The number of amides is 1. The Morgan fingerprint density at radius 3 is 2.72 bits per heavy atom. The van der Waals surface area contributed by atoms with E-state index in [-0.39, 0.29) is 17.8 Å². The minimum atomic E-state index is -0.458. The summed E-state index contributed by atoms with van der Waals surface area (Å²) in [6.07, 6.45) is 2.74. The molecule has 1 amide bonds. The van der Waals surface area contributed by atoms with Gasteiger partial charge in [-0.1, -0.05) is 18.6 Å². The van der Waals surface area contributed by atoms with Crippen LogP contribution in [0.2, 0.25) is 0 Å². The molecular formula is C14H19FN2O. The largest absolute Gasteiger partial charge is 0.352 e. The van der Waals surface area contributed by atoms with Crippen molar-refractivity contribution in [3.63, 3.8) is 0 Å². The van der Waals surface area contributed by atoms with Gasteiger partial charge in [0.05, 0.1) is 5.41 Å². The Bertz CT molecular complexity index is 432. The summed E-state index contributed by atoms with van der Waals surface area (Å²) >= 11 is 0. The van der Waals surface area contributed by atoms with Crippen molar-refractivity contribution in [2.45, 2.75) is 38.8 Å². The predicted molar refractivity (Wildman–Crippen MR) is 68.2 cm³/mol. The number of benzene rings is 1. The molecule has 1 saturated carbocycles. The third kappa shape index (κ3) is 2.53. The third-order valence-electron chi connectivity index (χ3n) is 3.91. The molecule has 1 aliphatic carbocycles. The quantitative estimate of drug-likeness (QED) is 0.861. The molecule has 2 atom stereocenters. The first-order chi connectivity index (χ1) is 8.52. The fraction of sp³-hybridized carbons (Fsp3) is 0.500. The summed E-state index contributed by atoms with van der Waals surface area (Å²) in [5.74, 6) is -0.272. The zero-order valence-electron chi connectivity index (χ0n) is 10.6. The van der Waals surface area contributed by atoms with Gasteiger partial charge in [-0.15, -0.1) is 0 Å². The van der Waals surface area contributed by atoms with Crippen LogP contribution in [0, 0.1) is 11.2 Å². The number of rotatable bonds is 3. The lowest BCUT2D eigenvalue weighted by molar-refractivity contribution is -0.130. The topological polar surface area (TPSA) is 55.1 Å². The number of hydrogen-bond donors (Lipinski definition) is 2. The van der Waals surface area contributed by atoms with Crippen LogP contribution in [0.5, 0.6) is 0 Å². The molecule has 0 aliphatic heterocycles. The van der Waals surface area contributed by atoms with Crippen LogP contribution in [0.4, 0.5) is 4.39 Å². The normalized spacial score (nSPS) is 27.2. The van der Waals surface area contributed by atoms with Gasteiger partial charge in [0.25, 0.3) is 0 Å². The zero-order valence-corrected chi connectivity index (χ0v) is 10.6. The molecule has 1 aliphatic rings. The molecule has 1 fully saturated rings. The molecule has 2 rings (SSSR count). The van der Waals surface area contributed by atoms with E-state index in [1.165, 1.54) is 12.1 Å². The maximum absolute atomic E-state index is 12.7. The minimum Gasteiger partial charge on any atom is -0.352 e. The Balaban J connectivity index is 1.94. The number of halogens is 1. The highest BCUT2D eigenvalue weighted by Crippen LogP contribution is 2.36. The molecule has 3 nitrogen and oxygen atoms in total. The highest BCUT2D eigenvalue weighted by molar-refractivity contribution is 5.83. The van der Waals surface area contributed by atoms with Gasteiger partial charge in [0, 0.05) is 12.6 Å². The van der Waals surface area contributed by atoms with Crippen LogP contribution in [-0.2, 0) is 11.3 Å². The van der Waals surface area contributed by atoms with Crippen molar-refractivity contribution in [3.05, 3.63) is 35.6 Å². The molecule has 1 aromatic rings. The molecule has 2 unspecified atom stereocenters. The number of nitrogens with one attached hydrogen (secondary N) is 1. The lowest BCUT2D eigenvalue weighted by Crippen LogP contribution is -2.47. The van der Waals surface area contributed by atoms with Crippen molar-refractivity contribution in [1.29, 1.82) is 0 Å². The second-order valence-electron chi connectivity index (χ2n) is 5.23. The van der Waals surface area contributed by atoms with Crippen molar-refractivity contribution in [2.75, 3.05) is 0 Å². The molecule has 1 aromatic carbocycles. The highest BCUT2D eigenvalue weighted by atomic mass is 19.1. The first kappa shape index (κ1) is 13.0. The standard InChI is InChI=1S/C14H19FN2O/c1-14(8-2-3-12(14)16)13(18)17-9-10-4-6-11(15)7-5-10/h4-7,12H,2-3,8-9,16H2,1H3,(H,17,18). The summed E-state index contributed by atoms with van der Waals surface area (Å²) in [7, 11) is 0. The molecule has 4 heteroatoms. The van der Waals surface area contributed by atoms with Gasteiger partial charge in [0.2, 0.25) is 5.91 Å². The van der Waals surface area contributed by atoms with Gasteiger partial charge < -0.3 is 11.1 Å². The van der Waals surface area contributed by atoms with Crippen molar-refractivity contribution in [2.24, 2.45) is 11.1 Å². The summed E-state index contributed by atoms with van der Waals surface area (Å²) in [6, 6.07) is 6.07. The fourth-order valence-corrected chi connectivity index (χ4v) is 2.46. The highest BCUT2D eigenvalue weighted by Gasteiger charge is 2.42. The molecule has 0 heterocycles. The number of carbonyl (C=O) groups excluding carboxylic acids is 1. The Morgan fingerprint density at radius 2 is 2.17 bits per heavy atom. The van der Waals surface area contributed by atoms with Crippen LogP contribution in [0.1, 0.15) is 31.7 Å². The van der Waals surface area contributed by atoms with Gasteiger partial charge in [-0.3, -0.25) is 4.79 Å². The maximum atomic E-state index is 12.7. The SMILES string of the molecule is CC1(C(=O)NCc2ccc(F)cc2)CCCC1N. The van der Waals surface area contributed by atoms with Gasteiger partial charge in [0.15, 0.2) is 0 Å². The van der Waals surface area contributed by atoms with E-state index < -0.39 is 5.41 Å². The summed E-state index contributed by atoms with van der Waals surface area (Å²) in [6.45, 7) is 2.34. The predicted octanol–water partition coefficient (Wildman–Crippen LogP) is 1.96. The van der Waals surface area contributed by atoms with E-state index in [9.17, 15) is 9.18 Å². The molecule has 0 spiro atoms. The van der Waals surface area contributed by atoms with Crippen LogP contribution in [0.25, 0.3) is 0 Å². The first-order valence-corrected chi connectivity index (χ1v) is 6.31. The lowest BCUT2D eigenvalue weighted by atomic mass is 9.84. The Labute approximate surface area is 107 Å². The van der Waals surface area contributed by atoms with Crippen LogP contribution in [-0.4, -0.2) is 11.9 Å². The van der Waals surface area contributed by atoms with Crippen molar-refractivity contribution < 1.29 is 9.18 Å². The third-order valence-corrected chi connectivity index (χ3v) is 3.91. The van der Waals surface area contributed by atoms with E-state index in [0.29, 0.717) is 6.54 Å². The molecule has 3 N–H and O–H groups in total. The molecule has 0 aromatic heterocycles. The van der Waals surface area contributed by atoms with E-state index in [4.69, 9.17) is 5.73 Å². The summed E-state index contributed by atoms with van der Waals surface area (Å²) < 4.78 is 12.7. The van der Waals surface area contributed by atoms with Crippen molar-refractivity contribution in [3.8, 4) is 0 Å². The molecular weight excluding hydrogens is 231 g/mol. The van der Waals surface area contributed by atoms with E-state index >= 15 is 0 Å². The average molecular weight is 250 g/mol. The van der Waals surface area contributed by atoms with Crippen LogP contribution < -0.4 is 11.1 Å². The Kier molecular flexibility index (Phi) is 3.66. The van der Waals surface area contributed by atoms with Crippen molar-refractivity contribution >= 4 is 5.91 Å². The van der Waals surface area contributed by atoms with E-state index in [1.807, 2.05) is 6.92 Å². The first-order valence-electron chi connectivity index (χ1n) is 6.31. The maximum Gasteiger partial charge on any atom is 0.227 e. The fourth-order valence-electron chi connectivity index (χ4n) is 2.46. The second-order valence-corrected chi connectivity index (χ2v) is 5.23.